The van der Waals surface area contributed by atoms with Crippen molar-refractivity contribution in [1.82, 2.24) is 14.6 Å². The number of primary amides is 1. The lowest BCUT2D eigenvalue weighted by Crippen LogP contribution is -2.10. The fourth-order valence-electron chi connectivity index (χ4n) is 2.90. The van der Waals surface area contributed by atoms with Crippen molar-refractivity contribution in [3.8, 4) is 22.5 Å². The molecule has 0 atom stereocenters. The van der Waals surface area contributed by atoms with E-state index in [9.17, 15) is 4.79 Å². The molecule has 0 aliphatic carbocycles. The van der Waals surface area contributed by atoms with Crippen LogP contribution < -0.4 is 5.73 Å². The topological polar surface area (TPSA) is 73.3 Å². The highest BCUT2D eigenvalue weighted by Gasteiger charge is 2.11. The number of nitrogens with zero attached hydrogens (tertiary/aromatic N) is 3. The van der Waals surface area contributed by atoms with E-state index in [0.717, 1.165) is 33.7 Å². The molecule has 0 spiro atoms. The Kier molecular flexibility index (Phi) is 3.54. The molecule has 0 aliphatic rings. The van der Waals surface area contributed by atoms with Crippen LogP contribution >= 0.6 is 0 Å². The highest BCUT2D eigenvalue weighted by Crippen LogP contribution is 2.25. The van der Waals surface area contributed by atoms with Gasteiger partial charge in [0, 0.05) is 17.3 Å². The Hall–Kier alpha value is -3.47. The van der Waals surface area contributed by atoms with Gasteiger partial charge in [0.1, 0.15) is 0 Å². The molecule has 1 amide bonds. The standard InChI is InChI=1S/C20H16N4O/c1-13-4-2-3-5-17(13)20-23-22-18-11-10-16(12-24(18)20)14-6-8-15(9-7-14)19(21)25/h2-12H,1H3,(H2,21,25). The molecule has 0 saturated heterocycles. The van der Waals surface area contributed by atoms with Crippen LogP contribution in [-0.4, -0.2) is 20.5 Å². The average molecular weight is 328 g/mol. The highest BCUT2D eigenvalue weighted by molar-refractivity contribution is 5.93. The van der Waals surface area contributed by atoms with Gasteiger partial charge in [-0.1, -0.05) is 36.4 Å². The van der Waals surface area contributed by atoms with Crippen LogP contribution in [0.25, 0.3) is 28.2 Å². The first-order chi connectivity index (χ1) is 12.1. The maximum absolute atomic E-state index is 11.2. The summed E-state index contributed by atoms with van der Waals surface area (Å²) in [6.45, 7) is 2.06. The van der Waals surface area contributed by atoms with Crippen molar-refractivity contribution in [3.05, 3.63) is 78.0 Å². The molecule has 0 fully saturated rings. The summed E-state index contributed by atoms with van der Waals surface area (Å²) in [6, 6.07) is 19.3. The Morgan fingerprint density at radius 1 is 0.920 bits per heavy atom. The van der Waals surface area contributed by atoms with E-state index >= 15 is 0 Å². The second-order valence-electron chi connectivity index (χ2n) is 5.93. The van der Waals surface area contributed by atoms with Crippen LogP contribution in [0.4, 0.5) is 0 Å². The maximum atomic E-state index is 11.2. The molecule has 0 bridgehead atoms. The minimum atomic E-state index is -0.428. The fraction of sp³-hybridized carbons (Fsp3) is 0.0500. The number of hydrogen-bond acceptors (Lipinski definition) is 3. The van der Waals surface area contributed by atoms with Crippen molar-refractivity contribution in [1.29, 1.82) is 0 Å². The Bertz CT molecular complexity index is 1080. The molecule has 25 heavy (non-hydrogen) atoms. The minimum absolute atomic E-state index is 0.428. The monoisotopic (exact) mass is 328 g/mol. The molecule has 0 radical (unpaired) electrons. The first-order valence-corrected chi connectivity index (χ1v) is 7.94. The Morgan fingerprint density at radius 3 is 2.36 bits per heavy atom. The summed E-state index contributed by atoms with van der Waals surface area (Å²) in [4.78, 5) is 11.2. The van der Waals surface area contributed by atoms with Crippen molar-refractivity contribution in [2.75, 3.05) is 0 Å². The molecule has 5 heteroatoms. The van der Waals surface area contributed by atoms with Gasteiger partial charge in [0.2, 0.25) is 5.91 Å². The molecule has 2 aromatic heterocycles. The van der Waals surface area contributed by atoms with E-state index in [1.807, 2.05) is 53.1 Å². The van der Waals surface area contributed by atoms with Gasteiger partial charge in [0.05, 0.1) is 0 Å². The van der Waals surface area contributed by atoms with Gasteiger partial charge in [-0.15, -0.1) is 10.2 Å². The number of aromatic nitrogens is 3. The Labute approximate surface area is 144 Å². The van der Waals surface area contributed by atoms with Crippen LogP contribution in [-0.2, 0) is 0 Å². The molecular weight excluding hydrogens is 312 g/mol. The van der Waals surface area contributed by atoms with Crippen LogP contribution in [0.1, 0.15) is 15.9 Å². The van der Waals surface area contributed by atoms with E-state index in [1.54, 1.807) is 12.1 Å². The quantitative estimate of drug-likeness (QED) is 0.626. The largest absolute Gasteiger partial charge is 0.366 e. The third kappa shape index (κ3) is 2.65. The summed E-state index contributed by atoms with van der Waals surface area (Å²) < 4.78 is 1.99. The Morgan fingerprint density at radius 2 is 1.64 bits per heavy atom. The highest BCUT2D eigenvalue weighted by atomic mass is 16.1. The predicted molar refractivity (Wildman–Crippen MR) is 97.1 cm³/mol. The van der Waals surface area contributed by atoms with Crippen LogP contribution in [0, 0.1) is 6.92 Å². The number of rotatable bonds is 3. The molecule has 4 rings (SSSR count). The number of benzene rings is 2. The van der Waals surface area contributed by atoms with Crippen molar-refractivity contribution in [3.63, 3.8) is 0 Å². The van der Waals surface area contributed by atoms with Crippen molar-refractivity contribution >= 4 is 11.6 Å². The zero-order valence-electron chi connectivity index (χ0n) is 13.7. The van der Waals surface area contributed by atoms with Gasteiger partial charge in [0.25, 0.3) is 0 Å². The molecule has 5 nitrogen and oxygen atoms in total. The second kappa shape index (κ2) is 5.87. The van der Waals surface area contributed by atoms with Gasteiger partial charge < -0.3 is 5.73 Å². The van der Waals surface area contributed by atoms with Gasteiger partial charge in [0.15, 0.2) is 11.5 Å². The van der Waals surface area contributed by atoms with Crippen LogP contribution in [0.15, 0.2) is 66.9 Å². The third-order valence-electron chi connectivity index (χ3n) is 4.29. The smallest absolute Gasteiger partial charge is 0.248 e. The van der Waals surface area contributed by atoms with E-state index in [0.29, 0.717) is 5.56 Å². The summed E-state index contributed by atoms with van der Waals surface area (Å²) in [7, 11) is 0. The minimum Gasteiger partial charge on any atom is -0.366 e. The average Bonchev–Trinajstić information content (AvgIpc) is 3.05. The molecule has 4 aromatic rings. The van der Waals surface area contributed by atoms with Crippen molar-refractivity contribution in [2.24, 2.45) is 5.73 Å². The normalized spacial score (nSPS) is 10.9. The van der Waals surface area contributed by atoms with E-state index in [4.69, 9.17) is 5.73 Å². The van der Waals surface area contributed by atoms with E-state index < -0.39 is 5.91 Å². The lowest BCUT2D eigenvalue weighted by atomic mass is 10.1. The van der Waals surface area contributed by atoms with Crippen LogP contribution in [0.5, 0.6) is 0 Å². The number of aryl methyl sites for hydroxylation is 1. The second-order valence-corrected chi connectivity index (χ2v) is 5.93. The first kappa shape index (κ1) is 15.1. The molecular formula is C20H16N4O. The lowest BCUT2D eigenvalue weighted by Gasteiger charge is -2.07. The summed E-state index contributed by atoms with van der Waals surface area (Å²) in [5.74, 6) is 0.381. The van der Waals surface area contributed by atoms with Crippen molar-refractivity contribution in [2.45, 2.75) is 6.92 Å². The van der Waals surface area contributed by atoms with Gasteiger partial charge in [-0.25, -0.2) is 0 Å². The zero-order valence-corrected chi connectivity index (χ0v) is 13.7. The summed E-state index contributed by atoms with van der Waals surface area (Å²) >= 11 is 0. The molecule has 122 valence electrons. The Balaban J connectivity index is 1.83. The van der Waals surface area contributed by atoms with Gasteiger partial charge >= 0.3 is 0 Å². The number of carbonyl (C=O) groups is 1. The predicted octanol–water partition coefficient (Wildman–Crippen LogP) is 3.47. The van der Waals surface area contributed by atoms with Crippen LogP contribution in [0.2, 0.25) is 0 Å². The number of carbonyl (C=O) groups excluding carboxylic acids is 1. The van der Waals surface area contributed by atoms with Gasteiger partial charge in [-0.2, -0.15) is 0 Å². The SMILES string of the molecule is Cc1ccccc1-c1nnc2ccc(-c3ccc(C(N)=O)cc3)cn12. The lowest BCUT2D eigenvalue weighted by molar-refractivity contribution is 0.100. The van der Waals surface area contributed by atoms with Gasteiger partial charge in [-0.05, 0) is 47.9 Å². The molecule has 0 saturated carbocycles. The number of pyridine rings is 1. The third-order valence-corrected chi connectivity index (χ3v) is 4.29. The van der Waals surface area contributed by atoms with Crippen molar-refractivity contribution < 1.29 is 4.79 Å². The number of amides is 1. The molecule has 0 unspecified atom stereocenters. The molecule has 2 heterocycles. The van der Waals surface area contributed by atoms with E-state index in [-0.39, 0.29) is 0 Å². The van der Waals surface area contributed by atoms with Gasteiger partial charge in [-0.3, -0.25) is 9.20 Å². The maximum Gasteiger partial charge on any atom is 0.248 e. The fourth-order valence-corrected chi connectivity index (χ4v) is 2.90. The molecule has 2 aromatic carbocycles. The molecule has 0 aliphatic heterocycles. The number of hydrogen-bond donors (Lipinski definition) is 1. The van der Waals surface area contributed by atoms with E-state index in [1.165, 1.54) is 0 Å². The zero-order chi connectivity index (χ0) is 17.4. The summed E-state index contributed by atoms with van der Waals surface area (Å²) in [6.07, 6.45) is 2.01. The summed E-state index contributed by atoms with van der Waals surface area (Å²) in [5.41, 5.74) is 10.8. The number of nitrogens with two attached hydrogens (primary N) is 1. The summed E-state index contributed by atoms with van der Waals surface area (Å²) in [5, 5.41) is 8.61. The van der Waals surface area contributed by atoms with E-state index in [2.05, 4.69) is 23.2 Å². The first-order valence-electron chi connectivity index (χ1n) is 7.94. The molecule has 2 N–H and O–H groups in total. The van der Waals surface area contributed by atoms with Crippen LogP contribution in [0.3, 0.4) is 0 Å². The number of fused-ring (bicyclic) bond motifs is 1.